The second-order valence-corrected chi connectivity index (χ2v) is 10.7. The Balaban J connectivity index is 1.95. The highest BCUT2D eigenvalue weighted by Crippen LogP contribution is 2.68. The molecule has 3 aliphatic carbocycles. The van der Waals surface area contributed by atoms with E-state index in [1.54, 1.807) is 12.3 Å². The van der Waals surface area contributed by atoms with E-state index in [1.807, 2.05) is 20.8 Å². The standard InChI is InChI=1S/C25H34O8/c1-13(26)32-19-7-9-23(3,4)25(29)20(33-14(2)27)11-16-17(24(19,25)5)12-18-15(8-10-31-18)21(16)22(28)30-6/h8,10,16-17,19-21,29H,7,9,11-12H2,1-6H3. The lowest BCUT2D eigenvalue weighted by Crippen LogP contribution is -2.77. The number of hydrogen-bond donors (Lipinski definition) is 1. The molecule has 7 unspecified atom stereocenters. The number of rotatable bonds is 3. The molecule has 0 aliphatic heterocycles. The van der Waals surface area contributed by atoms with Crippen molar-refractivity contribution in [1.82, 2.24) is 0 Å². The van der Waals surface area contributed by atoms with Gasteiger partial charge in [0.1, 0.15) is 23.6 Å². The fourth-order valence-corrected chi connectivity index (χ4v) is 7.39. The fourth-order valence-electron chi connectivity index (χ4n) is 7.39. The molecule has 3 aliphatic rings. The predicted molar refractivity (Wildman–Crippen MR) is 116 cm³/mol. The second-order valence-electron chi connectivity index (χ2n) is 10.7. The Morgan fingerprint density at radius 1 is 1.09 bits per heavy atom. The van der Waals surface area contributed by atoms with Gasteiger partial charge in [-0.3, -0.25) is 14.4 Å². The van der Waals surface area contributed by atoms with E-state index in [0.29, 0.717) is 25.0 Å². The van der Waals surface area contributed by atoms with Crippen LogP contribution in [0.5, 0.6) is 0 Å². The van der Waals surface area contributed by atoms with Gasteiger partial charge in [0.15, 0.2) is 0 Å². The number of esters is 3. The lowest BCUT2D eigenvalue weighted by Gasteiger charge is -2.68. The van der Waals surface area contributed by atoms with Gasteiger partial charge in [-0.25, -0.2) is 0 Å². The van der Waals surface area contributed by atoms with Gasteiger partial charge in [0.2, 0.25) is 0 Å². The number of hydrogen-bond acceptors (Lipinski definition) is 8. The van der Waals surface area contributed by atoms with Crippen molar-refractivity contribution in [3.05, 3.63) is 23.7 Å². The number of carbonyl (C=O) groups excluding carboxylic acids is 3. The highest BCUT2D eigenvalue weighted by atomic mass is 16.6. The number of carbonyl (C=O) groups is 3. The van der Waals surface area contributed by atoms with Crippen LogP contribution in [0.3, 0.4) is 0 Å². The molecule has 182 valence electrons. The van der Waals surface area contributed by atoms with Crippen LogP contribution in [0.25, 0.3) is 0 Å². The van der Waals surface area contributed by atoms with Gasteiger partial charge in [-0.2, -0.15) is 0 Å². The zero-order valence-electron chi connectivity index (χ0n) is 20.2. The van der Waals surface area contributed by atoms with Crippen LogP contribution in [0.15, 0.2) is 16.7 Å². The summed E-state index contributed by atoms with van der Waals surface area (Å²) in [6.07, 6.45) is 1.96. The topological polar surface area (TPSA) is 112 Å². The molecule has 0 bridgehead atoms. The molecule has 4 rings (SSSR count). The summed E-state index contributed by atoms with van der Waals surface area (Å²) in [5.74, 6) is -1.88. The third-order valence-corrected chi connectivity index (χ3v) is 8.81. The molecule has 1 heterocycles. The average Bonchev–Trinajstić information content (AvgIpc) is 3.19. The van der Waals surface area contributed by atoms with Crippen LogP contribution in [-0.4, -0.2) is 47.9 Å². The maximum absolute atomic E-state index is 13.0. The summed E-state index contributed by atoms with van der Waals surface area (Å²) >= 11 is 0. The van der Waals surface area contributed by atoms with Crippen molar-refractivity contribution >= 4 is 17.9 Å². The fraction of sp³-hybridized carbons (Fsp3) is 0.720. The molecule has 2 saturated carbocycles. The molecule has 8 nitrogen and oxygen atoms in total. The summed E-state index contributed by atoms with van der Waals surface area (Å²) in [6.45, 7) is 8.51. The quantitative estimate of drug-likeness (QED) is 0.539. The van der Waals surface area contributed by atoms with Gasteiger partial charge in [0.05, 0.1) is 19.3 Å². The summed E-state index contributed by atoms with van der Waals surface area (Å²) in [4.78, 5) is 37.3. The number of fused-ring (bicyclic) bond motifs is 4. The molecule has 1 aromatic rings. The largest absolute Gasteiger partial charge is 0.469 e. The van der Waals surface area contributed by atoms with Crippen molar-refractivity contribution in [3.63, 3.8) is 0 Å². The van der Waals surface area contributed by atoms with Crippen LogP contribution in [-0.2, 0) is 35.0 Å². The normalized spacial score (nSPS) is 38.8. The summed E-state index contributed by atoms with van der Waals surface area (Å²) in [7, 11) is 1.35. The highest BCUT2D eigenvalue weighted by molar-refractivity contribution is 5.79. The number of ether oxygens (including phenoxy) is 3. The molecule has 0 aromatic carbocycles. The molecule has 0 amide bonds. The van der Waals surface area contributed by atoms with Crippen LogP contribution >= 0.6 is 0 Å². The number of aliphatic hydroxyl groups is 1. The van der Waals surface area contributed by atoms with Gasteiger partial charge < -0.3 is 23.7 Å². The maximum Gasteiger partial charge on any atom is 0.313 e. The van der Waals surface area contributed by atoms with Gasteiger partial charge in [-0.1, -0.05) is 20.8 Å². The Labute approximate surface area is 193 Å². The van der Waals surface area contributed by atoms with E-state index in [9.17, 15) is 19.5 Å². The Hall–Kier alpha value is -2.35. The predicted octanol–water partition coefficient (Wildman–Crippen LogP) is 3.15. The van der Waals surface area contributed by atoms with Gasteiger partial charge in [-0.15, -0.1) is 0 Å². The van der Waals surface area contributed by atoms with Gasteiger partial charge in [0.25, 0.3) is 0 Å². The van der Waals surface area contributed by atoms with E-state index in [4.69, 9.17) is 18.6 Å². The first-order valence-electron chi connectivity index (χ1n) is 11.6. The summed E-state index contributed by atoms with van der Waals surface area (Å²) < 4.78 is 22.6. The molecular formula is C25H34O8. The van der Waals surface area contributed by atoms with Gasteiger partial charge >= 0.3 is 17.9 Å². The van der Waals surface area contributed by atoms with E-state index < -0.39 is 52.5 Å². The maximum atomic E-state index is 13.0. The number of furan rings is 1. The lowest BCUT2D eigenvalue weighted by molar-refractivity contribution is -0.317. The minimum Gasteiger partial charge on any atom is -0.469 e. The Morgan fingerprint density at radius 2 is 1.73 bits per heavy atom. The minimum atomic E-state index is -1.50. The molecule has 1 aromatic heterocycles. The second kappa shape index (κ2) is 7.86. The summed E-state index contributed by atoms with van der Waals surface area (Å²) in [5, 5.41) is 12.6. The van der Waals surface area contributed by atoms with Crippen LogP contribution in [0, 0.1) is 22.7 Å². The monoisotopic (exact) mass is 462 g/mol. The van der Waals surface area contributed by atoms with Crippen LogP contribution < -0.4 is 0 Å². The first-order chi connectivity index (χ1) is 15.4. The summed E-state index contributed by atoms with van der Waals surface area (Å²) in [5.41, 5.74) is -2.40. The molecule has 33 heavy (non-hydrogen) atoms. The third-order valence-electron chi connectivity index (χ3n) is 8.81. The molecular weight excluding hydrogens is 428 g/mol. The van der Waals surface area contributed by atoms with E-state index in [0.717, 1.165) is 5.56 Å². The van der Waals surface area contributed by atoms with E-state index in [-0.39, 0.29) is 18.3 Å². The SMILES string of the molecule is COC(=O)C1c2ccoc2CC2C1CC(OC(C)=O)C1(O)C(C)(C)CCC(OC(C)=O)C21C. The first kappa shape index (κ1) is 23.8. The van der Waals surface area contributed by atoms with Crippen molar-refractivity contribution in [2.45, 2.75) is 84.0 Å². The summed E-state index contributed by atoms with van der Waals surface area (Å²) in [6, 6.07) is 1.78. The lowest BCUT2D eigenvalue weighted by atomic mass is 9.39. The third kappa shape index (κ3) is 3.24. The van der Waals surface area contributed by atoms with E-state index in [2.05, 4.69) is 0 Å². The molecule has 0 radical (unpaired) electrons. The molecule has 0 spiro atoms. The van der Waals surface area contributed by atoms with E-state index in [1.165, 1.54) is 21.0 Å². The van der Waals surface area contributed by atoms with Crippen molar-refractivity contribution in [2.24, 2.45) is 22.7 Å². The van der Waals surface area contributed by atoms with Gasteiger partial charge in [-0.05, 0) is 42.6 Å². The molecule has 0 saturated heterocycles. The van der Waals surface area contributed by atoms with Crippen LogP contribution in [0.2, 0.25) is 0 Å². The first-order valence-corrected chi connectivity index (χ1v) is 11.6. The molecule has 2 fully saturated rings. The van der Waals surface area contributed by atoms with Crippen LogP contribution in [0.4, 0.5) is 0 Å². The van der Waals surface area contributed by atoms with E-state index >= 15 is 0 Å². The molecule has 7 atom stereocenters. The zero-order chi connectivity index (χ0) is 24.3. The Morgan fingerprint density at radius 3 is 2.33 bits per heavy atom. The Bertz CT molecular complexity index is 963. The molecule has 1 N–H and O–H groups in total. The smallest absolute Gasteiger partial charge is 0.313 e. The highest BCUT2D eigenvalue weighted by Gasteiger charge is 2.74. The van der Waals surface area contributed by atoms with Gasteiger partial charge in [0, 0.05) is 31.2 Å². The minimum absolute atomic E-state index is 0.277. The van der Waals surface area contributed by atoms with Crippen LogP contribution in [0.1, 0.15) is 71.1 Å². The average molecular weight is 463 g/mol. The number of methoxy groups -OCH3 is 1. The molecule has 8 heteroatoms. The van der Waals surface area contributed by atoms with Crippen molar-refractivity contribution in [2.75, 3.05) is 7.11 Å². The van der Waals surface area contributed by atoms with Crippen molar-refractivity contribution < 1.29 is 38.1 Å². The van der Waals surface area contributed by atoms with Crippen molar-refractivity contribution in [1.29, 1.82) is 0 Å². The zero-order valence-corrected chi connectivity index (χ0v) is 20.2. The Kier molecular flexibility index (Phi) is 5.67. The van der Waals surface area contributed by atoms with Crippen molar-refractivity contribution in [3.8, 4) is 0 Å².